The predicted octanol–water partition coefficient (Wildman–Crippen LogP) is 5.14. The van der Waals surface area contributed by atoms with Gasteiger partial charge in [0.25, 0.3) is 5.91 Å². The van der Waals surface area contributed by atoms with Crippen molar-refractivity contribution in [3.8, 4) is 5.75 Å². The fourth-order valence-corrected chi connectivity index (χ4v) is 4.20. The van der Waals surface area contributed by atoms with Crippen LogP contribution in [0.1, 0.15) is 29.7 Å². The van der Waals surface area contributed by atoms with Gasteiger partial charge < -0.3 is 15.4 Å². The molecule has 2 N–H and O–H groups in total. The SMILES string of the molecule is CC1=C(C(=O)Nc2ccc(C)cc2)C(c2ccc(OCc3cccc(Cl)c3)cc2)n2nnnc2N1. The lowest BCUT2D eigenvalue weighted by atomic mass is 9.95. The van der Waals surface area contributed by atoms with Crippen LogP contribution >= 0.6 is 11.6 Å². The summed E-state index contributed by atoms with van der Waals surface area (Å²) in [5, 5.41) is 18.8. The second kappa shape index (κ2) is 9.60. The topological polar surface area (TPSA) is 94.0 Å². The summed E-state index contributed by atoms with van der Waals surface area (Å²) in [6.45, 7) is 4.24. The van der Waals surface area contributed by atoms with Crippen LogP contribution < -0.4 is 15.4 Å². The Hall–Kier alpha value is -4.17. The number of carbonyl (C=O) groups excluding carboxylic acids is 1. The normalized spacial score (nSPS) is 14.8. The van der Waals surface area contributed by atoms with E-state index in [0.29, 0.717) is 40.3 Å². The van der Waals surface area contributed by atoms with E-state index in [9.17, 15) is 4.79 Å². The van der Waals surface area contributed by atoms with E-state index in [0.717, 1.165) is 16.7 Å². The highest BCUT2D eigenvalue weighted by Crippen LogP contribution is 2.35. The number of carbonyl (C=O) groups is 1. The molecule has 1 aromatic heterocycles. The van der Waals surface area contributed by atoms with Gasteiger partial charge in [-0.25, -0.2) is 0 Å². The standard InChI is InChI=1S/C26H23ClN6O2/c1-16-6-10-21(11-7-16)29-25(34)23-17(2)28-26-30-31-32-33(26)24(23)19-8-12-22(13-9-19)35-15-18-4-3-5-20(27)14-18/h3-14,24H,15H2,1-2H3,(H,29,34)(H,28,30,32). The summed E-state index contributed by atoms with van der Waals surface area (Å²) >= 11 is 6.06. The van der Waals surface area contributed by atoms with E-state index < -0.39 is 6.04 Å². The van der Waals surface area contributed by atoms with Gasteiger partial charge in [0.2, 0.25) is 5.95 Å². The fraction of sp³-hybridized carbons (Fsp3) is 0.154. The number of hydrogen-bond donors (Lipinski definition) is 2. The minimum absolute atomic E-state index is 0.230. The first-order chi connectivity index (χ1) is 17.0. The van der Waals surface area contributed by atoms with Crippen LogP contribution in [0.3, 0.4) is 0 Å². The number of fused-ring (bicyclic) bond motifs is 1. The summed E-state index contributed by atoms with van der Waals surface area (Å²) in [6.07, 6.45) is 0. The number of tetrazole rings is 1. The number of aromatic nitrogens is 4. The Balaban J connectivity index is 1.40. The molecule has 3 aromatic carbocycles. The van der Waals surface area contributed by atoms with Gasteiger partial charge in [-0.1, -0.05) is 58.7 Å². The molecule has 0 radical (unpaired) electrons. The van der Waals surface area contributed by atoms with Crippen molar-refractivity contribution in [2.75, 3.05) is 10.6 Å². The number of allylic oxidation sites excluding steroid dienone is 1. The van der Waals surface area contributed by atoms with E-state index in [4.69, 9.17) is 16.3 Å². The molecule has 0 spiro atoms. The number of halogens is 1. The third-order valence-electron chi connectivity index (χ3n) is 5.76. The van der Waals surface area contributed by atoms with Crippen LogP contribution in [0.2, 0.25) is 5.02 Å². The molecule has 5 rings (SSSR count). The highest BCUT2D eigenvalue weighted by atomic mass is 35.5. The van der Waals surface area contributed by atoms with Gasteiger partial charge in [0.1, 0.15) is 18.4 Å². The van der Waals surface area contributed by atoms with Crippen LogP contribution in [0, 0.1) is 6.92 Å². The molecule has 0 aliphatic carbocycles. The van der Waals surface area contributed by atoms with Crippen LogP contribution in [0.4, 0.5) is 11.6 Å². The summed E-state index contributed by atoms with van der Waals surface area (Å²) in [5.74, 6) is 0.943. The Labute approximate surface area is 207 Å². The highest BCUT2D eigenvalue weighted by Gasteiger charge is 2.34. The number of anilines is 2. The van der Waals surface area contributed by atoms with Crippen LogP contribution in [-0.2, 0) is 11.4 Å². The van der Waals surface area contributed by atoms with Crippen molar-refractivity contribution < 1.29 is 9.53 Å². The molecule has 176 valence electrons. The molecule has 35 heavy (non-hydrogen) atoms. The van der Waals surface area contributed by atoms with Crippen molar-refractivity contribution in [3.05, 3.63) is 106 Å². The highest BCUT2D eigenvalue weighted by molar-refractivity contribution is 6.30. The average Bonchev–Trinajstić information content (AvgIpc) is 3.32. The molecule has 1 aliphatic rings. The number of nitrogens with zero attached hydrogens (tertiary/aromatic N) is 4. The molecule has 0 bridgehead atoms. The molecule has 1 amide bonds. The van der Waals surface area contributed by atoms with Crippen LogP contribution in [0.5, 0.6) is 5.75 Å². The van der Waals surface area contributed by atoms with Gasteiger partial charge in [-0.15, -0.1) is 0 Å². The first kappa shape index (κ1) is 22.6. The Morgan fingerprint density at radius 3 is 2.60 bits per heavy atom. The zero-order chi connectivity index (χ0) is 24.4. The van der Waals surface area contributed by atoms with E-state index in [-0.39, 0.29) is 5.91 Å². The molecule has 1 atom stereocenters. The zero-order valence-corrected chi connectivity index (χ0v) is 20.0. The summed E-state index contributed by atoms with van der Waals surface area (Å²) in [7, 11) is 0. The second-order valence-electron chi connectivity index (χ2n) is 8.32. The van der Waals surface area contributed by atoms with Gasteiger partial charge in [-0.05, 0) is 71.8 Å². The van der Waals surface area contributed by atoms with Crippen molar-refractivity contribution in [2.24, 2.45) is 0 Å². The van der Waals surface area contributed by atoms with E-state index in [1.807, 2.05) is 86.6 Å². The van der Waals surface area contributed by atoms with Crippen molar-refractivity contribution >= 4 is 29.1 Å². The Morgan fingerprint density at radius 1 is 1.09 bits per heavy atom. The van der Waals surface area contributed by atoms with Gasteiger partial charge in [0.05, 0.1) is 5.57 Å². The summed E-state index contributed by atoms with van der Waals surface area (Å²) < 4.78 is 7.53. The molecule has 4 aromatic rings. The number of rotatable bonds is 6. The molecule has 8 nitrogen and oxygen atoms in total. The third-order valence-corrected chi connectivity index (χ3v) is 5.99. The van der Waals surface area contributed by atoms with Gasteiger partial charge in [-0.3, -0.25) is 4.79 Å². The maximum absolute atomic E-state index is 13.4. The van der Waals surface area contributed by atoms with E-state index in [1.54, 1.807) is 4.68 Å². The van der Waals surface area contributed by atoms with Crippen molar-refractivity contribution in [1.82, 2.24) is 20.2 Å². The third kappa shape index (κ3) is 4.88. The predicted molar refractivity (Wildman–Crippen MR) is 134 cm³/mol. The van der Waals surface area contributed by atoms with Crippen molar-refractivity contribution in [1.29, 1.82) is 0 Å². The first-order valence-corrected chi connectivity index (χ1v) is 11.5. The summed E-state index contributed by atoms with van der Waals surface area (Å²) in [6, 6.07) is 22.3. The largest absolute Gasteiger partial charge is 0.489 e. The second-order valence-corrected chi connectivity index (χ2v) is 8.76. The van der Waals surface area contributed by atoms with E-state index in [1.165, 1.54) is 0 Å². The minimum Gasteiger partial charge on any atom is -0.489 e. The van der Waals surface area contributed by atoms with Gasteiger partial charge in [0, 0.05) is 16.4 Å². The number of aryl methyl sites for hydroxylation is 1. The Morgan fingerprint density at radius 2 is 1.86 bits per heavy atom. The van der Waals surface area contributed by atoms with Crippen LogP contribution in [0.25, 0.3) is 0 Å². The lowest BCUT2D eigenvalue weighted by Crippen LogP contribution is -2.31. The van der Waals surface area contributed by atoms with Crippen LogP contribution in [0.15, 0.2) is 84.1 Å². The lowest BCUT2D eigenvalue weighted by Gasteiger charge is -2.28. The van der Waals surface area contributed by atoms with Gasteiger partial charge >= 0.3 is 0 Å². The fourth-order valence-electron chi connectivity index (χ4n) is 3.99. The quantitative estimate of drug-likeness (QED) is 0.392. The monoisotopic (exact) mass is 486 g/mol. The lowest BCUT2D eigenvalue weighted by molar-refractivity contribution is -0.113. The number of ether oxygens (including phenoxy) is 1. The molecule has 1 unspecified atom stereocenters. The molecule has 0 fully saturated rings. The Bertz CT molecular complexity index is 1400. The molecule has 0 saturated carbocycles. The van der Waals surface area contributed by atoms with Gasteiger partial charge in [-0.2, -0.15) is 4.68 Å². The molecule has 2 heterocycles. The number of hydrogen-bond acceptors (Lipinski definition) is 6. The molecular weight excluding hydrogens is 464 g/mol. The van der Waals surface area contributed by atoms with Crippen molar-refractivity contribution in [3.63, 3.8) is 0 Å². The number of nitrogens with one attached hydrogen (secondary N) is 2. The maximum Gasteiger partial charge on any atom is 0.255 e. The van der Waals surface area contributed by atoms with Crippen molar-refractivity contribution in [2.45, 2.75) is 26.5 Å². The minimum atomic E-state index is -0.506. The maximum atomic E-state index is 13.4. The Kier molecular flexibility index (Phi) is 6.20. The average molecular weight is 487 g/mol. The molecule has 0 saturated heterocycles. The molecule has 1 aliphatic heterocycles. The molecular formula is C26H23ClN6O2. The van der Waals surface area contributed by atoms with E-state index >= 15 is 0 Å². The van der Waals surface area contributed by atoms with E-state index in [2.05, 4.69) is 26.2 Å². The van der Waals surface area contributed by atoms with Gasteiger partial charge in [0.15, 0.2) is 0 Å². The molecule has 9 heteroatoms. The number of amides is 1. The summed E-state index contributed by atoms with van der Waals surface area (Å²) in [4.78, 5) is 13.4. The summed E-state index contributed by atoms with van der Waals surface area (Å²) in [5.41, 5.74) is 4.87. The van der Waals surface area contributed by atoms with Crippen LogP contribution in [-0.4, -0.2) is 26.1 Å². The zero-order valence-electron chi connectivity index (χ0n) is 19.2. The first-order valence-electron chi connectivity index (χ1n) is 11.1. The smallest absolute Gasteiger partial charge is 0.255 e. The number of benzene rings is 3.